The van der Waals surface area contributed by atoms with E-state index in [1.807, 2.05) is 5.38 Å². The lowest BCUT2D eigenvalue weighted by Crippen LogP contribution is -2.13. The van der Waals surface area contributed by atoms with Crippen molar-refractivity contribution in [2.75, 3.05) is 0 Å². The van der Waals surface area contributed by atoms with Gasteiger partial charge in [-0.05, 0) is 41.1 Å². The van der Waals surface area contributed by atoms with E-state index in [-0.39, 0.29) is 0 Å². The number of aryl methyl sites for hydroxylation is 1. The Kier molecular flexibility index (Phi) is 4.61. The molecule has 1 N–H and O–H groups in total. The van der Waals surface area contributed by atoms with Gasteiger partial charge >= 0.3 is 0 Å². The molecule has 0 aliphatic carbocycles. The summed E-state index contributed by atoms with van der Waals surface area (Å²) in [7, 11) is 0. The van der Waals surface area contributed by atoms with Crippen molar-refractivity contribution in [3.05, 3.63) is 57.0 Å². The van der Waals surface area contributed by atoms with Crippen LogP contribution >= 0.6 is 11.3 Å². The molecule has 0 saturated carbocycles. The zero-order valence-corrected chi connectivity index (χ0v) is 11.3. The van der Waals surface area contributed by atoms with Crippen molar-refractivity contribution in [2.24, 2.45) is 0 Å². The van der Waals surface area contributed by atoms with Crippen molar-refractivity contribution in [1.82, 2.24) is 5.32 Å². The minimum atomic E-state index is -1.42. The topological polar surface area (TPSA) is 12.0 Å². The Morgan fingerprint density at radius 1 is 1.11 bits per heavy atom. The molecule has 2 aromatic rings. The standard InChI is InChI=1S/C14H14F3NS/c1-2-10-3-4-19-13(10)8-18-7-9-5-11(15)14(17)12(16)6-9/h3-6,18H,2,7-8H2,1H3. The number of rotatable bonds is 5. The van der Waals surface area contributed by atoms with Crippen molar-refractivity contribution < 1.29 is 13.2 Å². The van der Waals surface area contributed by atoms with Crippen LogP contribution in [0.4, 0.5) is 13.2 Å². The van der Waals surface area contributed by atoms with Gasteiger partial charge in [-0.15, -0.1) is 11.3 Å². The molecule has 1 heterocycles. The third-order valence-corrected chi connectivity index (χ3v) is 3.84. The predicted molar refractivity (Wildman–Crippen MR) is 70.6 cm³/mol. The minimum Gasteiger partial charge on any atom is -0.308 e. The van der Waals surface area contributed by atoms with Gasteiger partial charge in [-0.25, -0.2) is 13.2 Å². The Morgan fingerprint density at radius 2 is 1.79 bits per heavy atom. The molecule has 0 spiro atoms. The van der Waals surface area contributed by atoms with Gasteiger partial charge in [0, 0.05) is 18.0 Å². The van der Waals surface area contributed by atoms with Crippen LogP contribution < -0.4 is 5.32 Å². The van der Waals surface area contributed by atoms with Crippen LogP contribution in [0.1, 0.15) is 22.9 Å². The van der Waals surface area contributed by atoms with E-state index in [0.29, 0.717) is 18.7 Å². The Morgan fingerprint density at radius 3 is 2.42 bits per heavy atom. The maximum absolute atomic E-state index is 13.0. The highest BCUT2D eigenvalue weighted by atomic mass is 32.1. The molecule has 0 aliphatic rings. The van der Waals surface area contributed by atoms with E-state index < -0.39 is 17.5 Å². The molecule has 0 amide bonds. The Bertz CT molecular complexity index is 543. The van der Waals surface area contributed by atoms with E-state index in [0.717, 1.165) is 18.6 Å². The molecule has 0 fully saturated rings. The van der Waals surface area contributed by atoms with Gasteiger partial charge in [-0.3, -0.25) is 0 Å². The molecule has 0 atom stereocenters. The highest BCUT2D eigenvalue weighted by Gasteiger charge is 2.10. The lowest BCUT2D eigenvalue weighted by atomic mass is 10.2. The normalized spacial score (nSPS) is 10.9. The zero-order chi connectivity index (χ0) is 13.8. The number of hydrogen-bond acceptors (Lipinski definition) is 2. The van der Waals surface area contributed by atoms with Gasteiger partial charge in [0.2, 0.25) is 0 Å². The first-order valence-electron chi connectivity index (χ1n) is 6.01. The molecule has 2 rings (SSSR count). The van der Waals surface area contributed by atoms with Crippen LogP contribution in [0.5, 0.6) is 0 Å². The number of benzene rings is 1. The molecule has 0 unspecified atom stereocenters. The fraction of sp³-hybridized carbons (Fsp3) is 0.286. The van der Waals surface area contributed by atoms with Gasteiger partial charge in [-0.1, -0.05) is 6.92 Å². The van der Waals surface area contributed by atoms with Crippen LogP contribution in [0.2, 0.25) is 0 Å². The SMILES string of the molecule is CCc1ccsc1CNCc1cc(F)c(F)c(F)c1. The van der Waals surface area contributed by atoms with Crippen LogP contribution in [0.3, 0.4) is 0 Å². The van der Waals surface area contributed by atoms with E-state index in [1.165, 1.54) is 10.4 Å². The second-order valence-corrected chi connectivity index (χ2v) is 5.20. The van der Waals surface area contributed by atoms with Crippen LogP contribution in [-0.2, 0) is 19.5 Å². The summed E-state index contributed by atoms with van der Waals surface area (Å²) < 4.78 is 38.8. The van der Waals surface area contributed by atoms with Gasteiger partial charge in [-0.2, -0.15) is 0 Å². The number of nitrogens with one attached hydrogen (secondary N) is 1. The molecular weight excluding hydrogens is 271 g/mol. The fourth-order valence-electron chi connectivity index (χ4n) is 1.87. The van der Waals surface area contributed by atoms with E-state index in [2.05, 4.69) is 18.3 Å². The number of hydrogen-bond donors (Lipinski definition) is 1. The first-order chi connectivity index (χ1) is 9.11. The molecule has 102 valence electrons. The maximum atomic E-state index is 13.0. The van der Waals surface area contributed by atoms with Crippen LogP contribution in [0, 0.1) is 17.5 Å². The van der Waals surface area contributed by atoms with Crippen LogP contribution in [-0.4, -0.2) is 0 Å². The van der Waals surface area contributed by atoms with Crippen molar-refractivity contribution in [2.45, 2.75) is 26.4 Å². The maximum Gasteiger partial charge on any atom is 0.194 e. The van der Waals surface area contributed by atoms with E-state index in [1.54, 1.807) is 11.3 Å². The largest absolute Gasteiger partial charge is 0.308 e. The molecule has 19 heavy (non-hydrogen) atoms. The molecule has 1 nitrogen and oxygen atoms in total. The molecule has 0 radical (unpaired) electrons. The molecule has 0 bridgehead atoms. The Hall–Kier alpha value is -1.33. The summed E-state index contributed by atoms with van der Waals surface area (Å²) in [6.07, 6.45) is 0.959. The van der Waals surface area contributed by atoms with Gasteiger partial charge < -0.3 is 5.32 Å². The average molecular weight is 285 g/mol. The highest BCUT2D eigenvalue weighted by molar-refractivity contribution is 7.10. The Labute approximate surface area is 114 Å². The molecule has 5 heteroatoms. The van der Waals surface area contributed by atoms with E-state index >= 15 is 0 Å². The third kappa shape index (κ3) is 3.36. The predicted octanol–water partition coefficient (Wildman–Crippen LogP) is 4.02. The highest BCUT2D eigenvalue weighted by Crippen LogP contribution is 2.17. The summed E-state index contributed by atoms with van der Waals surface area (Å²) >= 11 is 1.65. The summed E-state index contributed by atoms with van der Waals surface area (Å²) in [6, 6.07) is 4.10. The summed E-state index contributed by atoms with van der Waals surface area (Å²) in [5, 5.41) is 5.13. The van der Waals surface area contributed by atoms with Gasteiger partial charge in [0.1, 0.15) is 0 Å². The monoisotopic (exact) mass is 285 g/mol. The first kappa shape index (κ1) is 14.1. The van der Waals surface area contributed by atoms with Crippen molar-refractivity contribution >= 4 is 11.3 Å². The van der Waals surface area contributed by atoms with Gasteiger partial charge in [0.25, 0.3) is 0 Å². The quantitative estimate of drug-likeness (QED) is 0.818. The average Bonchev–Trinajstić information content (AvgIpc) is 2.83. The van der Waals surface area contributed by atoms with Gasteiger partial charge in [0.15, 0.2) is 17.5 Å². The van der Waals surface area contributed by atoms with Crippen molar-refractivity contribution in [3.8, 4) is 0 Å². The van der Waals surface area contributed by atoms with Crippen molar-refractivity contribution in [1.29, 1.82) is 0 Å². The fourth-order valence-corrected chi connectivity index (χ4v) is 2.81. The first-order valence-corrected chi connectivity index (χ1v) is 6.89. The molecule has 0 saturated heterocycles. The second kappa shape index (κ2) is 6.21. The second-order valence-electron chi connectivity index (χ2n) is 4.20. The van der Waals surface area contributed by atoms with Gasteiger partial charge in [0.05, 0.1) is 0 Å². The number of thiophene rings is 1. The van der Waals surface area contributed by atoms with Crippen LogP contribution in [0.15, 0.2) is 23.6 Å². The Balaban J connectivity index is 1.96. The van der Waals surface area contributed by atoms with Crippen LogP contribution in [0.25, 0.3) is 0 Å². The lowest BCUT2D eigenvalue weighted by Gasteiger charge is -2.06. The van der Waals surface area contributed by atoms with E-state index in [9.17, 15) is 13.2 Å². The molecular formula is C14H14F3NS. The van der Waals surface area contributed by atoms with E-state index in [4.69, 9.17) is 0 Å². The molecule has 1 aromatic carbocycles. The number of halogens is 3. The summed E-state index contributed by atoms with van der Waals surface area (Å²) in [5.74, 6) is -3.72. The molecule has 1 aromatic heterocycles. The molecule has 0 aliphatic heterocycles. The minimum absolute atomic E-state index is 0.301. The summed E-state index contributed by atoms with van der Waals surface area (Å²) in [5.41, 5.74) is 1.67. The van der Waals surface area contributed by atoms with Crippen molar-refractivity contribution in [3.63, 3.8) is 0 Å². The zero-order valence-electron chi connectivity index (χ0n) is 10.5. The lowest BCUT2D eigenvalue weighted by molar-refractivity contribution is 0.444. The third-order valence-electron chi connectivity index (χ3n) is 2.88. The summed E-state index contributed by atoms with van der Waals surface area (Å²) in [4.78, 5) is 1.21. The smallest absolute Gasteiger partial charge is 0.194 e. The summed E-state index contributed by atoms with van der Waals surface area (Å²) in [6.45, 7) is 3.02.